The van der Waals surface area contributed by atoms with Crippen LogP contribution in [0.4, 0.5) is 0 Å². The molecular weight excluding hydrogens is 430 g/mol. The number of benzene rings is 2. The SMILES string of the molecule is CCCCCCOC(=O)CCP(=O)(C(=O)c1c(Cl)cccc1Cl)c1ccccc1. The number of hydrogen-bond acceptors (Lipinski definition) is 4. The van der Waals surface area contributed by atoms with Gasteiger partial charge in [0.05, 0.1) is 28.6 Å². The van der Waals surface area contributed by atoms with Gasteiger partial charge in [-0.2, -0.15) is 0 Å². The Morgan fingerprint density at radius 3 is 2.21 bits per heavy atom. The zero-order valence-electron chi connectivity index (χ0n) is 16.4. The quantitative estimate of drug-likeness (QED) is 0.226. The predicted octanol–water partition coefficient (Wildman–Crippen LogP) is 6.34. The Kier molecular flexibility index (Phi) is 9.42. The van der Waals surface area contributed by atoms with Gasteiger partial charge in [0, 0.05) is 11.5 Å². The summed E-state index contributed by atoms with van der Waals surface area (Å²) in [6, 6.07) is 13.1. The summed E-state index contributed by atoms with van der Waals surface area (Å²) in [6.07, 6.45) is 3.73. The lowest BCUT2D eigenvalue weighted by Gasteiger charge is -2.18. The maximum absolute atomic E-state index is 13.9. The maximum atomic E-state index is 13.9. The summed E-state index contributed by atoms with van der Waals surface area (Å²) in [5, 5.41) is 0.644. The van der Waals surface area contributed by atoms with E-state index in [1.165, 1.54) is 12.1 Å². The van der Waals surface area contributed by atoms with Gasteiger partial charge in [0.1, 0.15) is 0 Å². The molecule has 0 saturated carbocycles. The molecule has 0 aliphatic carbocycles. The van der Waals surface area contributed by atoms with Gasteiger partial charge in [-0.25, -0.2) is 0 Å². The molecule has 2 aromatic rings. The van der Waals surface area contributed by atoms with Crippen LogP contribution in [0.25, 0.3) is 0 Å². The van der Waals surface area contributed by atoms with Crippen LogP contribution < -0.4 is 5.30 Å². The molecule has 2 aromatic carbocycles. The Labute approximate surface area is 181 Å². The Hall–Kier alpha value is -1.61. The van der Waals surface area contributed by atoms with E-state index in [1.807, 2.05) is 0 Å². The highest BCUT2D eigenvalue weighted by molar-refractivity contribution is 7.87. The van der Waals surface area contributed by atoms with Crippen molar-refractivity contribution in [2.75, 3.05) is 12.8 Å². The first kappa shape index (κ1) is 23.7. The Morgan fingerprint density at radius 1 is 0.931 bits per heavy atom. The van der Waals surface area contributed by atoms with Crippen LogP contribution in [0.15, 0.2) is 48.5 Å². The van der Waals surface area contributed by atoms with Crippen molar-refractivity contribution in [3.05, 3.63) is 64.1 Å². The van der Waals surface area contributed by atoms with Crippen LogP contribution in [0.3, 0.4) is 0 Å². The topological polar surface area (TPSA) is 60.4 Å². The molecule has 4 nitrogen and oxygen atoms in total. The molecule has 0 bridgehead atoms. The molecule has 0 fully saturated rings. The van der Waals surface area contributed by atoms with Crippen molar-refractivity contribution in [3.63, 3.8) is 0 Å². The summed E-state index contributed by atoms with van der Waals surface area (Å²) >= 11 is 12.3. The Morgan fingerprint density at radius 2 is 1.59 bits per heavy atom. The normalized spacial score (nSPS) is 12.9. The lowest BCUT2D eigenvalue weighted by atomic mass is 10.2. The van der Waals surface area contributed by atoms with Gasteiger partial charge >= 0.3 is 5.97 Å². The molecule has 156 valence electrons. The highest BCUT2D eigenvalue weighted by Gasteiger charge is 2.37. The number of carbonyl (C=O) groups excluding carboxylic acids is 2. The van der Waals surface area contributed by atoms with Crippen molar-refractivity contribution in [2.45, 2.75) is 39.0 Å². The van der Waals surface area contributed by atoms with Gasteiger partial charge in [0.15, 0.2) is 7.14 Å². The van der Waals surface area contributed by atoms with E-state index in [1.54, 1.807) is 36.4 Å². The standard InChI is InChI=1S/C22H25Cl2O4P/c1-2-3-4-8-15-28-20(25)14-16-29(27,17-10-6-5-7-11-17)22(26)21-18(23)12-9-13-19(21)24/h5-7,9-13H,2-4,8,14-16H2,1H3. The van der Waals surface area contributed by atoms with Crippen molar-refractivity contribution >= 4 is 47.1 Å². The molecule has 1 atom stereocenters. The van der Waals surface area contributed by atoms with Crippen LogP contribution in [0.1, 0.15) is 49.4 Å². The first-order valence-electron chi connectivity index (χ1n) is 9.69. The number of carbonyl (C=O) groups is 2. The van der Waals surface area contributed by atoms with Crippen molar-refractivity contribution < 1.29 is 18.9 Å². The van der Waals surface area contributed by atoms with Crippen LogP contribution in [0, 0.1) is 0 Å². The summed E-state index contributed by atoms with van der Waals surface area (Å²) < 4.78 is 19.1. The summed E-state index contributed by atoms with van der Waals surface area (Å²) in [4.78, 5) is 25.4. The number of ether oxygens (including phenoxy) is 1. The van der Waals surface area contributed by atoms with E-state index in [0.29, 0.717) is 11.9 Å². The van der Waals surface area contributed by atoms with Gasteiger partial charge in [-0.05, 0) is 18.6 Å². The van der Waals surface area contributed by atoms with Gasteiger partial charge in [-0.3, -0.25) is 9.59 Å². The molecule has 0 N–H and O–H groups in total. The van der Waals surface area contributed by atoms with E-state index in [0.717, 1.165) is 25.7 Å². The zero-order chi connectivity index (χ0) is 21.3. The van der Waals surface area contributed by atoms with Crippen LogP contribution in [0.5, 0.6) is 0 Å². The van der Waals surface area contributed by atoms with Crippen molar-refractivity contribution in [2.24, 2.45) is 0 Å². The largest absolute Gasteiger partial charge is 0.466 e. The minimum absolute atomic E-state index is 0.0240. The molecule has 2 rings (SSSR count). The molecule has 0 aliphatic rings. The molecule has 0 heterocycles. The Balaban J connectivity index is 2.19. The van der Waals surface area contributed by atoms with E-state index in [2.05, 4.69) is 6.92 Å². The maximum Gasteiger partial charge on any atom is 0.306 e. The highest BCUT2D eigenvalue weighted by atomic mass is 35.5. The lowest BCUT2D eigenvalue weighted by Crippen LogP contribution is -2.19. The molecule has 1 unspecified atom stereocenters. The van der Waals surface area contributed by atoms with Crippen molar-refractivity contribution in [1.82, 2.24) is 0 Å². The fourth-order valence-electron chi connectivity index (χ4n) is 2.94. The average molecular weight is 455 g/mol. The second-order valence-electron chi connectivity index (χ2n) is 6.73. The zero-order valence-corrected chi connectivity index (χ0v) is 18.8. The molecule has 7 heteroatoms. The summed E-state index contributed by atoms with van der Waals surface area (Å²) in [7, 11) is -3.65. The predicted molar refractivity (Wildman–Crippen MR) is 119 cm³/mol. The van der Waals surface area contributed by atoms with E-state index in [-0.39, 0.29) is 28.2 Å². The molecule has 0 radical (unpaired) electrons. The van der Waals surface area contributed by atoms with Gasteiger partial charge in [-0.1, -0.05) is 85.8 Å². The fourth-order valence-corrected chi connectivity index (χ4v) is 6.09. The second kappa shape index (κ2) is 11.5. The first-order chi connectivity index (χ1) is 13.9. The molecule has 29 heavy (non-hydrogen) atoms. The van der Waals surface area contributed by atoms with E-state index >= 15 is 0 Å². The third-order valence-corrected chi connectivity index (χ3v) is 8.07. The number of rotatable bonds is 11. The van der Waals surface area contributed by atoms with Gasteiger partial charge in [0.25, 0.3) is 0 Å². The highest BCUT2D eigenvalue weighted by Crippen LogP contribution is 2.50. The van der Waals surface area contributed by atoms with E-state index in [9.17, 15) is 14.2 Å². The van der Waals surface area contributed by atoms with Crippen molar-refractivity contribution in [3.8, 4) is 0 Å². The van der Waals surface area contributed by atoms with Crippen LogP contribution in [-0.4, -0.2) is 24.3 Å². The molecule has 0 aromatic heterocycles. The smallest absolute Gasteiger partial charge is 0.306 e. The third kappa shape index (κ3) is 6.44. The van der Waals surface area contributed by atoms with Crippen LogP contribution in [0.2, 0.25) is 10.0 Å². The fraction of sp³-hybridized carbons (Fsp3) is 0.364. The van der Waals surface area contributed by atoms with Crippen LogP contribution >= 0.6 is 30.3 Å². The summed E-state index contributed by atoms with van der Waals surface area (Å²) in [5.74, 6) is -0.462. The first-order valence-corrected chi connectivity index (χ1v) is 12.3. The Bertz CT molecular complexity index is 863. The lowest BCUT2D eigenvalue weighted by molar-refractivity contribution is -0.143. The molecular formula is C22H25Cl2O4P. The minimum Gasteiger partial charge on any atom is -0.466 e. The van der Waals surface area contributed by atoms with Gasteiger partial charge in [0.2, 0.25) is 5.52 Å². The van der Waals surface area contributed by atoms with Crippen molar-refractivity contribution in [1.29, 1.82) is 0 Å². The monoisotopic (exact) mass is 454 g/mol. The second-order valence-corrected chi connectivity index (χ2v) is 10.4. The minimum atomic E-state index is -3.65. The van der Waals surface area contributed by atoms with Gasteiger partial charge in [-0.15, -0.1) is 0 Å². The number of esters is 1. The van der Waals surface area contributed by atoms with Gasteiger partial charge < -0.3 is 9.30 Å². The van der Waals surface area contributed by atoms with Crippen LogP contribution in [-0.2, 0) is 14.1 Å². The third-order valence-electron chi connectivity index (χ3n) is 4.57. The molecule has 0 saturated heterocycles. The molecule has 0 amide bonds. The number of unbranched alkanes of at least 4 members (excludes halogenated alkanes) is 3. The molecule has 0 spiro atoms. The number of halogens is 2. The number of hydrogen-bond donors (Lipinski definition) is 0. The average Bonchev–Trinajstić information content (AvgIpc) is 2.72. The van der Waals surface area contributed by atoms with E-state index < -0.39 is 18.6 Å². The summed E-state index contributed by atoms with van der Waals surface area (Å²) in [6.45, 7) is 2.44. The van der Waals surface area contributed by atoms with E-state index in [4.69, 9.17) is 27.9 Å². The summed E-state index contributed by atoms with van der Waals surface area (Å²) in [5.41, 5.74) is -0.619. The molecule has 0 aliphatic heterocycles.